The minimum atomic E-state index is -0.150. The van der Waals surface area contributed by atoms with Gasteiger partial charge in [0.15, 0.2) is 0 Å². The highest BCUT2D eigenvalue weighted by atomic mass is 19.1. The van der Waals surface area contributed by atoms with Crippen molar-refractivity contribution in [3.05, 3.63) is 35.6 Å². The molecule has 0 amide bonds. The van der Waals surface area contributed by atoms with E-state index in [4.69, 9.17) is 0 Å². The van der Waals surface area contributed by atoms with E-state index in [0.717, 1.165) is 6.42 Å². The average molecular weight is 249 g/mol. The van der Waals surface area contributed by atoms with Crippen molar-refractivity contribution >= 4 is 0 Å². The van der Waals surface area contributed by atoms with Gasteiger partial charge in [0.25, 0.3) is 0 Å². The first-order chi connectivity index (χ1) is 8.74. The lowest BCUT2D eigenvalue weighted by atomic mass is 10.0. The third kappa shape index (κ3) is 4.41. The first-order valence-electron chi connectivity index (χ1n) is 7.24. The Morgan fingerprint density at radius 3 is 2.33 bits per heavy atom. The zero-order valence-electron chi connectivity index (χ0n) is 11.3. The fourth-order valence-electron chi connectivity index (χ4n) is 2.88. The Balaban J connectivity index is 1.80. The van der Waals surface area contributed by atoms with Crippen molar-refractivity contribution in [1.29, 1.82) is 0 Å². The summed E-state index contributed by atoms with van der Waals surface area (Å²) in [5, 5.41) is 3.73. The van der Waals surface area contributed by atoms with E-state index in [2.05, 4.69) is 12.2 Å². The second-order valence-electron chi connectivity index (χ2n) is 5.59. The van der Waals surface area contributed by atoms with Crippen LogP contribution < -0.4 is 5.32 Å². The lowest BCUT2D eigenvalue weighted by Gasteiger charge is -2.22. The van der Waals surface area contributed by atoms with E-state index in [0.29, 0.717) is 12.1 Å². The topological polar surface area (TPSA) is 12.0 Å². The molecule has 1 N–H and O–H groups in total. The smallest absolute Gasteiger partial charge is 0.123 e. The van der Waals surface area contributed by atoms with Crippen LogP contribution in [0.25, 0.3) is 0 Å². The van der Waals surface area contributed by atoms with Crippen molar-refractivity contribution < 1.29 is 4.39 Å². The van der Waals surface area contributed by atoms with Crippen molar-refractivity contribution in [2.75, 3.05) is 0 Å². The van der Waals surface area contributed by atoms with E-state index in [1.54, 1.807) is 12.1 Å². The van der Waals surface area contributed by atoms with Crippen molar-refractivity contribution in [3.8, 4) is 0 Å². The Hall–Kier alpha value is -0.890. The summed E-state index contributed by atoms with van der Waals surface area (Å²) in [5.41, 5.74) is 1.21. The number of nitrogens with one attached hydrogen (secondary N) is 1. The van der Waals surface area contributed by atoms with Gasteiger partial charge in [0.2, 0.25) is 0 Å². The molecule has 1 unspecified atom stereocenters. The van der Waals surface area contributed by atoms with E-state index < -0.39 is 0 Å². The number of hydrogen-bond donors (Lipinski definition) is 1. The predicted octanol–water partition coefficient (Wildman–Crippen LogP) is 4.07. The maximum absolute atomic E-state index is 12.8. The van der Waals surface area contributed by atoms with Crippen LogP contribution in [0.15, 0.2) is 24.3 Å². The van der Waals surface area contributed by atoms with Gasteiger partial charge in [-0.15, -0.1) is 0 Å². The first-order valence-corrected chi connectivity index (χ1v) is 7.24. The van der Waals surface area contributed by atoms with Crippen LogP contribution >= 0.6 is 0 Å². The van der Waals surface area contributed by atoms with Gasteiger partial charge in [-0.25, -0.2) is 4.39 Å². The number of benzene rings is 1. The minimum Gasteiger partial charge on any atom is -0.311 e. The van der Waals surface area contributed by atoms with Gasteiger partial charge in [-0.05, 0) is 43.9 Å². The average Bonchev–Trinajstić information content (AvgIpc) is 2.61. The molecule has 1 aromatic carbocycles. The highest BCUT2D eigenvalue weighted by Crippen LogP contribution is 2.18. The third-order valence-electron chi connectivity index (χ3n) is 3.83. The molecule has 2 rings (SSSR count). The largest absolute Gasteiger partial charge is 0.311 e. The summed E-state index contributed by atoms with van der Waals surface area (Å²) in [5.74, 6) is -0.150. The lowest BCUT2D eigenvalue weighted by Crippen LogP contribution is -2.37. The molecule has 0 aromatic heterocycles. The van der Waals surface area contributed by atoms with Gasteiger partial charge < -0.3 is 5.32 Å². The quantitative estimate of drug-likeness (QED) is 0.793. The van der Waals surface area contributed by atoms with Crippen LogP contribution in [0.5, 0.6) is 0 Å². The molecular weight excluding hydrogens is 225 g/mol. The van der Waals surface area contributed by atoms with Crippen LogP contribution in [0.3, 0.4) is 0 Å². The van der Waals surface area contributed by atoms with Gasteiger partial charge in [0.05, 0.1) is 0 Å². The molecule has 18 heavy (non-hydrogen) atoms. The number of rotatable bonds is 4. The molecule has 0 radical (unpaired) electrons. The third-order valence-corrected chi connectivity index (χ3v) is 3.83. The molecule has 2 heteroatoms. The van der Waals surface area contributed by atoms with Crippen molar-refractivity contribution in [1.82, 2.24) is 5.32 Å². The van der Waals surface area contributed by atoms with E-state index in [1.165, 1.54) is 44.1 Å². The fraction of sp³-hybridized carbons (Fsp3) is 0.625. The minimum absolute atomic E-state index is 0.150. The molecule has 100 valence electrons. The molecule has 0 aliphatic heterocycles. The fourth-order valence-corrected chi connectivity index (χ4v) is 2.88. The summed E-state index contributed by atoms with van der Waals surface area (Å²) in [4.78, 5) is 0. The zero-order chi connectivity index (χ0) is 12.8. The van der Waals surface area contributed by atoms with Crippen LogP contribution in [0.2, 0.25) is 0 Å². The predicted molar refractivity (Wildman–Crippen MR) is 74.2 cm³/mol. The molecule has 1 aliphatic rings. The normalized spacial score (nSPS) is 19.4. The molecule has 1 saturated carbocycles. The maximum atomic E-state index is 12.8. The molecule has 1 aliphatic carbocycles. The Kier molecular flexibility index (Phi) is 5.18. The molecule has 0 spiro atoms. The molecule has 1 fully saturated rings. The molecule has 1 nitrogen and oxygen atoms in total. The van der Waals surface area contributed by atoms with Gasteiger partial charge in [-0.3, -0.25) is 0 Å². The zero-order valence-corrected chi connectivity index (χ0v) is 11.3. The van der Waals surface area contributed by atoms with Gasteiger partial charge in [-0.2, -0.15) is 0 Å². The molecule has 0 saturated heterocycles. The second-order valence-corrected chi connectivity index (χ2v) is 5.59. The highest BCUT2D eigenvalue weighted by molar-refractivity contribution is 5.17. The first kappa shape index (κ1) is 13.5. The standard InChI is InChI=1S/C16H24FN/c1-13(12-14-8-10-15(17)11-9-14)18-16-6-4-2-3-5-7-16/h8-11,13,16,18H,2-7,12H2,1H3. The summed E-state index contributed by atoms with van der Waals surface area (Å²) < 4.78 is 12.8. The van der Waals surface area contributed by atoms with Crippen molar-refractivity contribution in [2.24, 2.45) is 0 Å². The lowest BCUT2D eigenvalue weighted by molar-refractivity contribution is 0.405. The Labute approximate surface area is 110 Å². The summed E-state index contributed by atoms with van der Waals surface area (Å²) in [6.07, 6.45) is 9.12. The number of hydrogen-bond acceptors (Lipinski definition) is 1. The SMILES string of the molecule is CC(Cc1ccc(F)cc1)NC1CCCCCC1. The van der Waals surface area contributed by atoms with Crippen molar-refractivity contribution in [2.45, 2.75) is 64.0 Å². The van der Waals surface area contributed by atoms with Crippen LogP contribution in [0.4, 0.5) is 4.39 Å². The summed E-state index contributed by atoms with van der Waals surface area (Å²) in [7, 11) is 0. The van der Waals surface area contributed by atoms with E-state index in [1.807, 2.05) is 12.1 Å². The van der Waals surface area contributed by atoms with Crippen LogP contribution in [0.1, 0.15) is 51.0 Å². The monoisotopic (exact) mass is 249 g/mol. The van der Waals surface area contributed by atoms with Gasteiger partial charge in [-0.1, -0.05) is 37.8 Å². The highest BCUT2D eigenvalue weighted by Gasteiger charge is 2.14. The molecule has 0 heterocycles. The summed E-state index contributed by atoms with van der Waals surface area (Å²) in [6.45, 7) is 2.23. The van der Waals surface area contributed by atoms with Crippen LogP contribution in [0, 0.1) is 5.82 Å². The summed E-state index contributed by atoms with van der Waals surface area (Å²) in [6, 6.07) is 8.03. The molecule has 1 aromatic rings. The molecular formula is C16H24FN. The Morgan fingerprint density at radius 2 is 1.72 bits per heavy atom. The van der Waals surface area contributed by atoms with Gasteiger partial charge >= 0.3 is 0 Å². The van der Waals surface area contributed by atoms with E-state index in [-0.39, 0.29) is 5.82 Å². The molecule has 0 bridgehead atoms. The van der Waals surface area contributed by atoms with E-state index >= 15 is 0 Å². The van der Waals surface area contributed by atoms with Crippen LogP contribution in [-0.4, -0.2) is 12.1 Å². The second kappa shape index (κ2) is 6.89. The Bertz CT molecular complexity index is 339. The number of halogens is 1. The van der Waals surface area contributed by atoms with Gasteiger partial charge in [0, 0.05) is 12.1 Å². The van der Waals surface area contributed by atoms with Crippen LogP contribution in [-0.2, 0) is 6.42 Å². The Morgan fingerprint density at radius 1 is 1.11 bits per heavy atom. The van der Waals surface area contributed by atoms with Gasteiger partial charge in [0.1, 0.15) is 5.82 Å². The summed E-state index contributed by atoms with van der Waals surface area (Å²) >= 11 is 0. The van der Waals surface area contributed by atoms with E-state index in [9.17, 15) is 4.39 Å². The maximum Gasteiger partial charge on any atom is 0.123 e. The molecule has 1 atom stereocenters. The van der Waals surface area contributed by atoms with Crippen molar-refractivity contribution in [3.63, 3.8) is 0 Å².